The molecule has 0 bridgehead atoms. The molecule has 0 aliphatic carbocycles. The summed E-state index contributed by atoms with van der Waals surface area (Å²) in [5.74, 6) is -0.922. The van der Waals surface area contributed by atoms with Crippen molar-refractivity contribution in [2.45, 2.75) is 56.7 Å². The number of rotatable bonds is 5. The van der Waals surface area contributed by atoms with Gasteiger partial charge in [-0.1, -0.05) is 23.7 Å². The van der Waals surface area contributed by atoms with Gasteiger partial charge in [0.15, 0.2) is 6.10 Å². The van der Waals surface area contributed by atoms with Gasteiger partial charge in [-0.05, 0) is 33.8 Å². The van der Waals surface area contributed by atoms with Crippen LogP contribution in [0, 0.1) is 5.82 Å². The van der Waals surface area contributed by atoms with Crippen LogP contribution in [0.1, 0.15) is 39.7 Å². The number of hydrogen-bond acceptors (Lipinski definition) is 2. The summed E-state index contributed by atoms with van der Waals surface area (Å²) in [4.78, 5) is 0. The molecule has 0 saturated heterocycles. The van der Waals surface area contributed by atoms with Crippen molar-refractivity contribution < 1.29 is 26.9 Å². The Balaban J connectivity index is 3.35. The summed E-state index contributed by atoms with van der Waals surface area (Å²) in [5, 5.41) is 9.16. The molecule has 0 aromatic heterocycles. The quantitative estimate of drug-likeness (QED) is 0.746. The molecule has 0 amide bonds. The van der Waals surface area contributed by atoms with Crippen molar-refractivity contribution in [3.63, 3.8) is 0 Å². The van der Waals surface area contributed by atoms with E-state index in [9.17, 15) is 26.9 Å². The molecule has 24 heavy (non-hydrogen) atoms. The number of benzene rings is 1. The van der Waals surface area contributed by atoms with Crippen LogP contribution in [0.5, 0.6) is 0 Å². The molecule has 2 N–H and O–H groups in total. The highest BCUT2D eigenvalue weighted by Crippen LogP contribution is 2.36. The molecule has 3 unspecified atom stereocenters. The van der Waals surface area contributed by atoms with E-state index in [1.54, 1.807) is 20.8 Å². The normalized spacial score (nSPS) is 18.1. The highest BCUT2D eigenvalue weighted by Gasteiger charge is 2.45. The first-order valence-electron chi connectivity index (χ1n) is 7.07. The Kier molecular flexibility index (Phi) is 6.47. The molecule has 0 saturated carbocycles. The molecule has 0 aliphatic rings. The lowest BCUT2D eigenvalue weighted by atomic mass is 9.87. The Morgan fingerprint density at radius 2 is 1.79 bits per heavy atom. The lowest BCUT2D eigenvalue weighted by Crippen LogP contribution is -2.50. The fourth-order valence-electron chi connectivity index (χ4n) is 2.00. The fraction of sp³-hybridized carbons (Fsp3) is 0.600. The Hall–Kier alpha value is -0.700. The molecule has 3 atom stereocenters. The Morgan fingerprint density at radius 1 is 1.25 bits per heavy atom. The van der Waals surface area contributed by atoms with E-state index < -0.39 is 45.8 Å². The molecule has 1 aromatic rings. The molecule has 1 aromatic carbocycles. The second-order valence-corrected chi connectivity index (χ2v) is 9.05. The van der Waals surface area contributed by atoms with E-state index >= 15 is 0 Å². The zero-order chi connectivity index (χ0) is 18.9. The second kappa shape index (κ2) is 7.27. The monoisotopic (exact) mass is 389 g/mol. The molecule has 0 radical (unpaired) electrons. The number of halogens is 5. The van der Waals surface area contributed by atoms with Gasteiger partial charge in [-0.3, -0.25) is 0 Å². The predicted octanol–water partition coefficient (Wildman–Crippen LogP) is 4.06. The van der Waals surface area contributed by atoms with Crippen LogP contribution < -0.4 is 4.72 Å². The topological polar surface area (TPSA) is 49.3 Å². The number of alkyl halides is 3. The highest BCUT2D eigenvalue weighted by atomic mass is 35.5. The van der Waals surface area contributed by atoms with Gasteiger partial charge >= 0.3 is 6.18 Å². The minimum absolute atomic E-state index is 0.198. The standard InChI is InChI=1S/C15H20ClF4NO2S/c1-13(2,3)24(23)21-14(4,8-11(22)15(18,19)20)9-6-5-7-10(16)12(9)17/h5-7,11,21-22H,8H2,1-4H3. The Bertz CT molecular complexity index is 618. The molecule has 1 rings (SSSR count). The maximum atomic E-state index is 14.4. The minimum atomic E-state index is -4.89. The van der Waals surface area contributed by atoms with Crippen LogP contribution in [-0.4, -0.2) is 26.3 Å². The van der Waals surface area contributed by atoms with E-state index in [2.05, 4.69) is 4.72 Å². The molecule has 0 fully saturated rings. The number of hydrogen-bond donors (Lipinski definition) is 2. The van der Waals surface area contributed by atoms with Crippen molar-refractivity contribution in [1.29, 1.82) is 0 Å². The number of aliphatic hydroxyl groups is 1. The van der Waals surface area contributed by atoms with E-state index in [0.29, 0.717) is 0 Å². The summed E-state index contributed by atoms with van der Waals surface area (Å²) in [5.41, 5.74) is -1.95. The van der Waals surface area contributed by atoms with Crippen molar-refractivity contribution in [2.75, 3.05) is 0 Å². The van der Waals surface area contributed by atoms with E-state index in [1.165, 1.54) is 25.1 Å². The first-order valence-corrected chi connectivity index (χ1v) is 8.60. The first-order chi connectivity index (χ1) is 10.7. The van der Waals surface area contributed by atoms with E-state index in [-0.39, 0.29) is 10.6 Å². The molecule has 3 nitrogen and oxygen atoms in total. The van der Waals surface area contributed by atoms with Crippen LogP contribution in [0.4, 0.5) is 17.6 Å². The van der Waals surface area contributed by atoms with Crippen LogP contribution in [-0.2, 0) is 16.5 Å². The fourth-order valence-corrected chi connectivity index (χ4v) is 3.08. The van der Waals surface area contributed by atoms with E-state index in [0.717, 1.165) is 0 Å². The second-order valence-electron chi connectivity index (χ2n) is 6.68. The van der Waals surface area contributed by atoms with Gasteiger partial charge in [-0.15, -0.1) is 0 Å². The summed E-state index contributed by atoms with van der Waals surface area (Å²) in [7, 11) is -1.80. The van der Waals surface area contributed by atoms with E-state index in [4.69, 9.17) is 11.6 Å². The smallest absolute Gasteiger partial charge is 0.384 e. The number of aliphatic hydroxyl groups excluding tert-OH is 1. The molecule has 138 valence electrons. The average Bonchev–Trinajstić information content (AvgIpc) is 2.39. The molecule has 9 heteroatoms. The third kappa shape index (κ3) is 5.15. The molecule has 0 aliphatic heterocycles. The first kappa shape index (κ1) is 21.3. The molecule has 0 heterocycles. The van der Waals surface area contributed by atoms with Gasteiger partial charge in [0.1, 0.15) is 5.82 Å². The highest BCUT2D eigenvalue weighted by molar-refractivity contribution is 7.84. The van der Waals surface area contributed by atoms with Crippen molar-refractivity contribution >= 4 is 22.6 Å². The van der Waals surface area contributed by atoms with Crippen LogP contribution in [0.2, 0.25) is 5.02 Å². The Labute approximate surface area is 146 Å². The molecular formula is C15H20ClF4NO2S. The lowest BCUT2D eigenvalue weighted by molar-refractivity contribution is -0.209. The summed E-state index contributed by atoms with van der Waals surface area (Å²) < 4.78 is 66.8. The van der Waals surface area contributed by atoms with Gasteiger partial charge < -0.3 is 5.11 Å². The molecule has 0 spiro atoms. The average molecular weight is 390 g/mol. The summed E-state index contributed by atoms with van der Waals surface area (Å²) >= 11 is 5.71. The van der Waals surface area contributed by atoms with Crippen molar-refractivity contribution in [1.82, 2.24) is 4.72 Å². The van der Waals surface area contributed by atoms with Crippen LogP contribution in [0.25, 0.3) is 0 Å². The van der Waals surface area contributed by atoms with Crippen LogP contribution >= 0.6 is 11.6 Å². The van der Waals surface area contributed by atoms with Crippen LogP contribution in [0.3, 0.4) is 0 Å². The summed E-state index contributed by atoms with van der Waals surface area (Å²) in [6.07, 6.45) is -8.53. The maximum absolute atomic E-state index is 14.4. The van der Waals surface area contributed by atoms with Crippen molar-refractivity contribution in [3.05, 3.63) is 34.6 Å². The van der Waals surface area contributed by atoms with Gasteiger partial charge in [-0.25, -0.2) is 13.3 Å². The SMILES string of the molecule is CC(CC(O)C(F)(F)F)(NS(=O)C(C)(C)C)c1cccc(Cl)c1F. The third-order valence-corrected chi connectivity index (χ3v) is 5.44. The largest absolute Gasteiger partial charge is 0.414 e. The minimum Gasteiger partial charge on any atom is -0.384 e. The third-order valence-electron chi connectivity index (χ3n) is 3.40. The van der Waals surface area contributed by atoms with Gasteiger partial charge in [-0.2, -0.15) is 13.2 Å². The van der Waals surface area contributed by atoms with E-state index in [1.807, 2.05) is 0 Å². The zero-order valence-corrected chi connectivity index (χ0v) is 15.2. The maximum Gasteiger partial charge on any atom is 0.414 e. The van der Waals surface area contributed by atoms with Gasteiger partial charge in [0.05, 0.1) is 26.3 Å². The van der Waals surface area contributed by atoms with Crippen molar-refractivity contribution in [2.24, 2.45) is 0 Å². The van der Waals surface area contributed by atoms with Gasteiger partial charge in [0.25, 0.3) is 0 Å². The van der Waals surface area contributed by atoms with Crippen LogP contribution in [0.15, 0.2) is 18.2 Å². The Morgan fingerprint density at radius 3 is 2.25 bits per heavy atom. The zero-order valence-electron chi connectivity index (χ0n) is 13.7. The van der Waals surface area contributed by atoms with Gasteiger partial charge in [0.2, 0.25) is 0 Å². The lowest BCUT2D eigenvalue weighted by Gasteiger charge is -2.36. The van der Waals surface area contributed by atoms with Gasteiger partial charge in [0, 0.05) is 12.0 Å². The summed E-state index contributed by atoms with van der Waals surface area (Å²) in [6.45, 7) is 6.10. The predicted molar refractivity (Wildman–Crippen MR) is 86.5 cm³/mol. The summed E-state index contributed by atoms with van der Waals surface area (Å²) in [6, 6.07) is 3.87. The molecular weight excluding hydrogens is 370 g/mol. The number of nitrogens with one attached hydrogen (secondary N) is 1. The van der Waals surface area contributed by atoms with Crippen molar-refractivity contribution in [3.8, 4) is 0 Å².